The number of imide groups is 1. The van der Waals surface area contributed by atoms with Gasteiger partial charge in [-0.05, 0) is 60.5 Å². The van der Waals surface area contributed by atoms with E-state index in [2.05, 4.69) is 15.9 Å². The molecule has 1 aliphatic heterocycles. The number of amides is 3. The van der Waals surface area contributed by atoms with Crippen LogP contribution in [-0.4, -0.2) is 33.5 Å². The first-order valence-corrected chi connectivity index (χ1v) is 11.8. The number of carboxylic acid groups (broad SMARTS) is 1. The Bertz CT molecular complexity index is 1260. The summed E-state index contributed by atoms with van der Waals surface area (Å²) < 4.78 is 0.904. The second kappa shape index (κ2) is 9.41. The van der Waals surface area contributed by atoms with Gasteiger partial charge in [-0.25, -0.2) is 14.5 Å². The Hall–Kier alpha value is -2.87. The molecule has 3 aromatic rings. The van der Waals surface area contributed by atoms with Gasteiger partial charge in [-0.1, -0.05) is 63.4 Å². The molecule has 6 nitrogen and oxygen atoms in total. The van der Waals surface area contributed by atoms with Crippen molar-refractivity contribution < 1.29 is 19.5 Å². The number of carbonyl (C=O) groups excluding carboxylic acids is 2. The summed E-state index contributed by atoms with van der Waals surface area (Å²) in [5.41, 5.74) is 0.799. The standard InChI is InChI=1S/C25H19BrCl2N2O4/c1-25(13-15-4-8-18(26)9-5-15)23(33)30(21-11-19(27)10-20(28)12-21)24(34)29(25)14-16-2-6-17(7-3-16)22(31)32/h2-12H,13-14H2,1H3,(H,31,32)/t25-/m1/s1. The minimum atomic E-state index is -1.20. The van der Waals surface area contributed by atoms with Gasteiger partial charge in [0.1, 0.15) is 5.54 Å². The van der Waals surface area contributed by atoms with E-state index in [0.29, 0.717) is 21.3 Å². The van der Waals surface area contributed by atoms with Crippen LogP contribution in [-0.2, 0) is 17.8 Å². The maximum atomic E-state index is 13.8. The van der Waals surface area contributed by atoms with Crippen molar-refractivity contribution in [2.45, 2.75) is 25.4 Å². The molecule has 0 unspecified atom stereocenters. The fourth-order valence-electron chi connectivity index (χ4n) is 4.02. The fraction of sp³-hybridized carbons (Fsp3) is 0.160. The van der Waals surface area contributed by atoms with Crippen molar-refractivity contribution in [3.8, 4) is 0 Å². The van der Waals surface area contributed by atoms with E-state index in [9.17, 15) is 14.4 Å². The van der Waals surface area contributed by atoms with E-state index in [0.717, 1.165) is 14.9 Å². The van der Waals surface area contributed by atoms with Gasteiger partial charge >= 0.3 is 12.0 Å². The molecule has 9 heteroatoms. The Balaban J connectivity index is 1.75. The first-order chi connectivity index (χ1) is 16.1. The molecule has 0 bridgehead atoms. The lowest BCUT2D eigenvalue weighted by Gasteiger charge is -2.32. The molecule has 1 heterocycles. The molecule has 0 saturated carbocycles. The smallest absolute Gasteiger partial charge is 0.335 e. The average Bonchev–Trinajstić information content (AvgIpc) is 2.95. The van der Waals surface area contributed by atoms with Crippen LogP contribution in [0, 0.1) is 0 Å². The zero-order valence-electron chi connectivity index (χ0n) is 18.0. The van der Waals surface area contributed by atoms with Gasteiger partial charge < -0.3 is 10.0 Å². The summed E-state index contributed by atoms with van der Waals surface area (Å²) in [6.45, 7) is 1.84. The molecule has 1 atom stereocenters. The van der Waals surface area contributed by atoms with Crippen molar-refractivity contribution in [3.05, 3.63) is 97.9 Å². The van der Waals surface area contributed by atoms with Crippen molar-refractivity contribution in [2.24, 2.45) is 0 Å². The van der Waals surface area contributed by atoms with Crippen LogP contribution in [0.3, 0.4) is 0 Å². The fourth-order valence-corrected chi connectivity index (χ4v) is 4.80. The summed E-state index contributed by atoms with van der Waals surface area (Å²) in [4.78, 5) is 41.2. The molecule has 1 fully saturated rings. The van der Waals surface area contributed by atoms with Crippen LogP contribution < -0.4 is 4.90 Å². The molecule has 34 heavy (non-hydrogen) atoms. The summed E-state index contributed by atoms with van der Waals surface area (Å²) in [6, 6.07) is 17.8. The monoisotopic (exact) mass is 560 g/mol. The number of nitrogens with zero attached hydrogens (tertiary/aromatic N) is 2. The van der Waals surface area contributed by atoms with E-state index in [1.807, 2.05) is 24.3 Å². The lowest BCUT2D eigenvalue weighted by atomic mass is 9.90. The Labute approximate surface area is 214 Å². The summed E-state index contributed by atoms with van der Waals surface area (Å²) in [5, 5.41) is 9.78. The highest BCUT2D eigenvalue weighted by Crippen LogP contribution is 2.38. The zero-order chi connectivity index (χ0) is 24.6. The number of carboxylic acids is 1. The van der Waals surface area contributed by atoms with E-state index >= 15 is 0 Å². The molecule has 0 aromatic heterocycles. The van der Waals surface area contributed by atoms with Crippen LogP contribution in [0.4, 0.5) is 10.5 Å². The largest absolute Gasteiger partial charge is 0.478 e. The lowest BCUT2D eigenvalue weighted by molar-refractivity contribution is -0.124. The van der Waals surface area contributed by atoms with Crippen molar-refractivity contribution in [1.82, 2.24) is 4.90 Å². The van der Waals surface area contributed by atoms with Gasteiger partial charge in [-0.2, -0.15) is 0 Å². The molecular weight excluding hydrogens is 543 g/mol. The summed E-state index contributed by atoms with van der Waals surface area (Å²) in [6.07, 6.45) is 0.281. The molecule has 1 aliphatic rings. The number of hydrogen-bond donors (Lipinski definition) is 1. The number of anilines is 1. The van der Waals surface area contributed by atoms with E-state index in [1.165, 1.54) is 35.2 Å². The number of rotatable bonds is 6. The Morgan fingerprint density at radius 3 is 2.06 bits per heavy atom. The van der Waals surface area contributed by atoms with Crippen LogP contribution in [0.25, 0.3) is 0 Å². The van der Waals surface area contributed by atoms with Crippen LogP contribution >= 0.6 is 39.1 Å². The quantitative estimate of drug-likeness (QED) is 0.352. The average molecular weight is 562 g/mol. The molecule has 0 radical (unpaired) electrons. The number of urea groups is 1. The number of carbonyl (C=O) groups is 3. The van der Waals surface area contributed by atoms with Gasteiger partial charge in [-0.3, -0.25) is 4.79 Å². The molecule has 3 amide bonds. The van der Waals surface area contributed by atoms with Crippen molar-refractivity contribution in [3.63, 3.8) is 0 Å². The van der Waals surface area contributed by atoms with Crippen LogP contribution in [0.5, 0.6) is 0 Å². The van der Waals surface area contributed by atoms with Gasteiger partial charge in [0.2, 0.25) is 0 Å². The van der Waals surface area contributed by atoms with E-state index in [1.54, 1.807) is 19.1 Å². The highest BCUT2D eigenvalue weighted by atomic mass is 79.9. The number of halogens is 3. The van der Waals surface area contributed by atoms with E-state index in [-0.39, 0.29) is 18.5 Å². The van der Waals surface area contributed by atoms with Gasteiger partial charge in [-0.15, -0.1) is 0 Å². The van der Waals surface area contributed by atoms with Crippen molar-refractivity contribution in [1.29, 1.82) is 0 Å². The van der Waals surface area contributed by atoms with Gasteiger partial charge in [0.25, 0.3) is 5.91 Å². The first-order valence-electron chi connectivity index (χ1n) is 10.3. The normalized spacial score (nSPS) is 18.0. The first kappa shape index (κ1) is 24.3. The Morgan fingerprint density at radius 2 is 1.50 bits per heavy atom. The number of hydrogen-bond acceptors (Lipinski definition) is 3. The molecule has 1 saturated heterocycles. The zero-order valence-corrected chi connectivity index (χ0v) is 21.1. The molecule has 174 valence electrons. The highest BCUT2D eigenvalue weighted by molar-refractivity contribution is 9.10. The summed E-state index contributed by atoms with van der Waals surface area (Å²) in [5.74, 6) is -1.44. The number of benzene rings is 3. The van der Waals surface area contributed by atoms with E-state index < -0.39 is 23.4 Å². The number of aromatic carboxylic acids is 1. The summed E-state index contributed by atoms with van der Waals surface area (Å²) in [7, 11) is 0. The highest BCUT2D eigenvalue weighted by Gasteiger charge is 2.54. The molecule has 3 aromatic carbocycles. The maximum Gasteiger partial charge on any atom is 0.335 e. The molecular formula is C25H19BrCl2N2O4. The summed E-state index contributed by atoms with van der Waals surface area (Å²) >= 11 is 15.7. The van der Waals surface area contributed by atoms with Crippen LogP contribution in [0.2, 0.25) is 10.0 Å². The minimum Gasteiger partial charge on any atom is -0.478 e. The molecule has 0 spiro atoms. The van der Waals surface area contributed by atoms with Gasteiger partial charge in [0.15, 0.2) is 0 Å². The minimum absolute atomic E-state index is 0.113. The predicted molar refractivity (Wildman–Crippen MR) is 135 cm³/mol. The molecule has 1 N–H and O–H groups in total. The third-order valence-corrected chi connectivity index (χ3v) is 6.76. The third kappa shape index (κ3) is 4.69. The molecule has 0 aliphatic carbocycles. The van der Waals surface area contributed by atoms with Crippen LogP contribution in [0.1, 0.15) is 28.4 Å². The van der Waals surface area contributed by atoms with Crippen molar-refractivity contribution >= 4 is 62.7 Å². The lowest BCUT2D eigenvalue weighted by Crippen LogP contribution is -2.48. The van der Waals surface area contributed by atoms with Crippen LogP contribution in [0.15, 0.2) is 71.2 Å². The van der Waals surface area contributed by atoms with Gasteiger partial charge in [0.05, 0.1) is 11.3 Å². The Morgan fingerprint density at radius 1 is 0.941 bits per heavy atom. The maximum absolute atomic E-state index is 13.8. The third-order valence-electron chi connectivity index (χ3n) is 5.79. The Kier molecular flexibility index (Phi) is 6.71. The topological polar surface area (TPSA) is 77.9 Å². The van der Waals surface area contributed by atoms with Crippen molar-refractivity contribution in [2.75, 3.05) is 4.90 Å². The van der Waals surface area contributed by atoms with E-state index in [4.69, 9.17) is 28.3 Å². The SMILES string of the molecule is C[C@@]1(Cc2ccc(Br)cc2)C(=O)N(c2cc(Cl)cc(Cl)c2)C(=O)N1Cc1ccc(C(=O)O)cc1. The molecule has 4 rings (SSSR count). The predicted octanol–water partition coefficient (Wildman–Crippen LogP) is 6.42. The second-order valence-corrected chi connectivity index (χ2v) is 10.0. The second-order valence-electron chi connectivity index (χ2n) is 8.22. The van der Waals surface area contributed by atoms with Gasteiger partial charge in [0, 0.05) is 27.5 Å².